The van der Waals surface area contributed by atoms with Crippen molar-refractivity contribution in [3.8, 4) is 0 Å². The first kappa shape index (κ1) is 11.3. The van der Waals surface area contributed by atoms with Crippen LogP contribution in [0.4, 0.5) is 0 Å². The fraction of sp³-hybridized carbons (Fsp3) is 0.417. The Labute approximate surface area is 98.9 Å². The highest BCUT2D eigenvalue weighted by molar-refractivity contribution is 7.98. The van der Waals surface area contributed by atoms with Gasteiger partial charge in [0.1, 0.15) is 5.52 Å². The van der Waals surface area contributed by atoms with E-state index in [1.165, 1.54) is 12.2 Å². The molecule has 2 aromatic rings. The van der Waals surface area contributed by atoms with Crippen LogP contribution in [-0.4, -0.2) is 21.6 Å². The van der Waals surface area contributed by atoms with Gasteiger partial charge in [0, 0.05) is 24.3 Å². The molecule has 0 saturated carbocycles. The molecule has 0 aliphatic rings. The highest BCUT2D eigenvalue weighted by Gasteiger charge is 2.03. The van der Waals surface area contributed by atoms with Gasteiger partial charge in [0.15, 0.2) is 0 Å². The average molecular weight is 236 g/mol. The van der Waals surface area contributed by atoms with Crippen molar-refractivity contribution in [1.29, 1.82) is 0 Å². The summed E-state index contributed by atoms with van der Waals surface area (Å²) in [5, 5.41) is 1.02. The molecule has 16 heavy (non-hydrogen) atoms. The van der Waals surface area contributed by atoms with Gasteiger partial charge in [-0.3, -0.25) is 4.79 Å². The summed E-state index contributed by atoms with van der Waals surface area (Å²) >= 11 is 1.87. The SMILES string of the molecule is CSCCCCn1ccc2cc[nH]c(=O)c21. The fourth-order valence-electron chi connectivity index (χ4n) is 1.88. The molecule has 2 heterocycles. The van der Waals surface area contributed by atoms with Gasteiger partial charge < -0.3 is 9.55 Å². The summed E-state index contributed by atoms with van der Waals surface area (Å²) in [6.07, 6.45) is 8.14. The smallest absolute Gasteiger partial charge is 0.272 e. The number of aromatic amines is 1. The Hall–Kier alpha value is -1.16. The number of aromatic nitrogens is 2. The molecule has 0 unspecified atom stereocenters. The van der Waals surface area contributed by atoms with Crippen molar-refractivity contribution < 1.29 is 0 Å². The van der Waals surface area contributed by atoms with Crippen LogP contribution in [0, 0.1) is 0 Å². The van der Waals surface area contributed by atoms with Gasteiger partial charge in [0.2, 0.25) is 0 Å². The van der Waals surface area contributed by atoms with Crippen LogP contribution in [0.25, 0.3) is 10.9 Å². The summed E-state index contributed by atoms with van der Waals surface area (Å²) in [5.74, 6) is 1.19. The van der Waals surface area contributed by atoms with E-state index in [0.717, 1.165) is 23.9 Å². The van der Waals surface area contributed by atoms with Crippen molar-refractivity contribution >= 4 is 22.7 Å². The van der Waals surface area contributed by atoms with Crippen LogP contribution >= 0.6 is 11.8 Å². The second-order valence-electron chi connectivity index (χ2n) is 3.82. The molecule has 1 N–H and O–H groups in total. The maximum atomic E-state index is 11.7. The van der Waals surface area contributed by atoms with Crippen LogP contribution in [0.3, 0.4) is 0 Å². The molecule has 0 amide bonds. The lowest BCUT2D eigenvalue weighted by Crippen LogP contribution is -2.10. The number of nitrogens with one attached hydrogen (secondary N) is 1. The fourth-order valence-corrected chi connectivity index (χ4v) is 2.37. The van der Waals surface area contributed by atoms with Crippen LogP contribution in [0.1, 0.15) is 12.8 Å². The summed E-state index contributed by atoms with van der Waals surface area (Å²) in [5.41, 5.74) is 0.805. The molecular weight excluding hydrogens is 220 g/mol. The normalized spacial score (nSPS) is 11.1. The molecule has 0 spiro atoms. The molecule has 0 aliphatic heterocycles. The molecule has 0 fully saturated rings. The topological polar surface area (TPSA) is 37.8 Å². The zero-order valence-corrected chi connectivity index (χ0v) is 10.2. The summed E-state index contributed by atoms with van der Waals surface area (Å²) in [6.45, 7) is 0.928. The zero-order valence-electron chi connectivity index (χ0n) is 9.40. The van der Waals surface area contributed by atoms with Crippen molar-refractivity contribution in [2.45, 2.75) is 19.4 Å². The van der Waals surface area contributed by atoms with Gasteiger partial charge >= 0.3 is 0 Å². The number of nitrogens with zero attached hydrogens (tertiary/aromatic N) is 1. The maximum absolute atomic E-state index is 11.7. The molecule has 2 aromatic heterocycles. The summed E-state index contributed by atoms with van der Waals surface area (Å²) in [6, 6.07) is 3.94. The van der Waals surface area contributed by atoms with Crippen LogP contribution in [0.15, 0.2) is 29.3 Å². The maximum Gasteiger partial charge on any atom is 0.272 e. The largest absolute Gasteiger partial charge is 0.343 e. The van der Waals surface area contributed by atoms with Crippen LogP contribution < -0.4 is 5.56 Å². The predicted octanol–water partition coefficient (Wildman–Crippen LogP) is 2.47. The average Bonchev–Trinajstić information content (AvgIpc) is 2.69. The molecule has 0 bridgehead atoms. The van der Waals surface area contributed by atoms with E-state index < -0.39 is 0 Å². The summed E-state index contributed by atoms with van der Waals surface area (Å²) in [7, 11) is 0. The molecule has 2 rings (SSSR count). The van der Waals surface area contributed by atoms with Crippen molar-refractivity contribution in [3.05, 3.63) is 34.9 Å². The second-order valence-corrected chi connectivity index (χ2v) is 4.81. The van der Waals surface area contributed by atoms with Gasteiger partial charge in [-0.2, -0.15) is 11.8 Å². The van der Waals surface area contributed by atoms with Crippen LogP contribution in [-0.2, 0) is 6.54 Å². The van der Waals surface area contributed by atoms with Gasteiger partial charge in [-0.05, 0) is 37.0 Å². The van der Waals surface area contributed by atoms with E-state index in [4.69, 9.17) is 0 Å². The minimum absolute atomic E-state index is 0.00682. The molecule has 86 valence electrons. The number of thioether (sulfide) groups is 1. The molecule has 0 radical (unpaired) electrons. The lowest BCUT2D eigenvalue weighted by atomic mass is 10.3. The zero-order chi connectivity index (χ0) is 11.4. The van der Waals surface area contributed by atoms with Crippen LogP contribution in [0.5, 0.6) is 0 Å². The minimum Gasteiger partial charge on any atom is -0.343 e. The van der Waals surface area contributed by atoms with E-state index in [1.54, 1.807) is 6.20 Å². The Bertz CT molecular complexity index is 515. The number of pyridine rings is 1. The summed E-state index contributed by atoms with van der Waals surface area (Å²) in [4.78, 5) is 14.4. The van der Waals surface area contributed by atoms with E-state index in [9.17, 15) is 4.79 Å². The molecule has 0 atom stereocenters. The molecule has 0 saturated heterocycles. The number of fused-ring (bicyclic) bond motifs is 1. The number of hydrogen-bond acceptors (Lipinski definition) is 2. The Balaban J connectivity index is 2.15. The molecule has 4 heteroatoms. The van der Waals surface area contributed by atoms with E-state index in [1.807, 2.05) is 30.1 Å². The predicted molar refractivity (Wildman–Crippen MR) is 70.2 cm³/mol. The van der Waals surface area contributed by atoms with E-state index >= 15 is 0 Å². The van der Waals surface area contributed by atoms with Gasteiger partial charge in [0.05, 0.1) is 0 Å². The molecule has 0 aliphatic carbocycles. The third-order valence-corrected chi connectivity index (χ3v) is 3.38. The molecular formula is C12H16N2OS. The monoisotopic (exact) mass is 236 g/mol. The first-order valence-corrected chi connectivity index (χ1v) is 6.88. The van der Waals surface area contributed by atoms with Gasteiger partial charge in [-0.25, -0.2) is 0 Å². The third kappa shape index (κ3) is 2.32. The quantitative estimate of drug-likeness (QED) is 0.810. The van der Waals surface area contributed by atoms with E-state index in [-0.39, 0.29) is 5.56 Å². The van der Waals surface area contributed by atoms with E-state index in [2.05, 4.69) is 15.8 Å². The Morgan fingerprint density at radius 1 is 1.38 bits per heavy atom. The Morgan fingerprint density at radius 2 is 2.25 bits per heavy atom. The third-order valence-electron chi connectivity index (χ3n) is 2.68. The van der Waals surface area contributed by atoms with Crippen LogP contribution in [0.2, 0.25) is 0 Å². The number of unbranched alkanes of at least 4 members (excludes halogenated alkanes) is 1. The minimum atomic E-state index is 0.00682. The number of rotatable bonds is 5. The first-order valence-electron chi connectivity index (χ1n) is 5.48. The van der Waals surface area contributed by atoms with E-state index in [0.29, 0.717) is 0 Å². The Morgan fingerprint density at radius 3 is 3.06 bits per heavy atom. The Kier molecular flexibility index (Phi) is 3.72. The lowest BCUT2D eigenvalue weighted by molar-refractivity contribution is 0.652. The van der Waals surface area contributed by atoms with Crippen molar-refractivity contribution in [1.82, 2.24) is 9.55 Å². The highest BCUT2D eigenvalue weighted by atomic mass is 32.2. The van der Waals surface area contributed by atoms with Crippen molar-refractivity contribution in [3.63, 3.8) is 0 Å². The second kappa shape index (κ2) is 5.25. The standard InChI is InChI=1S/C12H16N2OS/c1-16-9-3-2-7-14-8-5-10-4-6-13-12(15)11(10)14/h4-6,8H,2-3,7,9H2,1H3,(H,13,15). The van der Waals surface area contributed by atoms with Gasteiger partial charge in [-0.15, -0.1) is 0 Å². The molecule has 3 nitrogen and oxygen atoms in total. The number of aryl methyl sites for hydroxylation is 1. The van der Waals surface area contributed by atoms with Gasteiger partial charge in [0.25, 0.3) is 5.56 Å². The lowest BCUT2D eigenvalue weighted by Gasteiger charge is -2.03. The van der Waals surface area contributed by atoms with Crippen molar-refractivity contribution in [2.24, 2.45) is 0 Å². The molecule has 0 aromatic carbocycles. The highest BCUT2D eigenvalue weighted by Crippen LogP contribution is 2.11. The number of H-pyrrole nitrogens is 1. The van der Waals surface area contributed by atoms with Gasteiger partial charge in [-0.1, -0.05) is 0 Å². The number of hydrogen-bond donors (Lipinski definition) is 1. The van der Waals surface area contributed by atoms with Crippen molar-refractivity contribution in [2.75, 3.05) is 12.0 Å². The summed E-state index contributed by atoms with van der Waals surface area (Å²) < 4.78 is 2.05. The first-order chi connectivity index (χ1) is 7.83.